The van der Waals surface area contributed by atoms with Crippen LogP contribution in [0.5, 0.6) is 11.5 Å². The first-order valence-electron chi connectivity index (χ1n) is 8.70. The van der Waals surface area contributed by atoms with E-state index in [1.165, 1.54) is 0 Å². The SMILES string of the molecule is COc1ccc2c(c1)C(=O)CC1(CCN(C(=O)Nc3cccc(Cl)c3)C1)O2. The maximum absolute atomic E-state index is 12.7. The highest BCUT2D eigenvalue weighted by molar-refractivity contribution is 6.30. The van der Waals surface area contributed by atoms with Crippen LogP contribution in [0.1, 0.15) is 23.2 Å². The lowest BCUT2D eigenvalue weighted by Crippen LogP contribution is -2.46. The molecule has 6 nitrogen and oxygen atoms in total. The van der Waals surface area contributed by atoms with Gasteiger partial charge in [-0.2, -0.15) is 0 Å². The Hall–Kier alpha value is -2.73. The first-order chi connectivity index (χ1) is 13.0. The molecule has 1 atom stereocenters. The minimum absolute atomic E-state index is 0.00671. The third-order valence-electron chi connectivity index (χ3n) is 4.98. The van der Waals surface area contributed by atoms with E-state index in [9.17, 15) is 9.59 Å². The fraction of sp³-hybridized carbons (Fsp3) is 0.300. The van der Waals surface area contributed by atoms with Crippen LogP contribution in [0.4, 0.5) is 10.5 Å². The molecule has 1 fully saturated rings. The zero-order chi connectivity index (χ0) is 19.0. The number of likely N-dealkylation sites (tertiary alicyclic amines) is 1. The number of rotatable bonds is 2. The molecule has 140 valence electrons. The molecule has 2 aromatic carbocycles. The Balaban J connectivity index is 1.48. The quantitative estimate of drug-likeness (QED) is 0.847. The van der Waals surface area contributed by atoms with Crippen LogP contribution in [0.25, 0.3) is 0 Å². The predicted octanol–water partition coefficient (Wildman–Crippen LogP) is 3.99. The van der Waals surface area contributed by atoms with Gasteiger partial charge in [0.25, 0.3) is 0 Å². The van der Waals surface area contributed by atoms with Crippen molar-refractivity contribution < 1.29 is 19.1 Å². The molecule has 2 heterocycles. The number of ether oxygens (including phenoxy) is 2. The zero-order valence-electron chi connectivity index (χ0n) is 14.8. The second-order valence-electron chi connectivity index (χ2n) is 6.86. The highest BCUT2D eigenvalue weighted by Gasteiger charge is 2.47. The molecule has 1 saturated heterocycles. The van der Waals surface area contributed by atoms with Gasteiger partial charge in [-0.1, -0.05) is 17.7 Å². The average Bonchev–Trinajstić information content (AvgIpc) is 3.05. The summed E-state index contributed by atoms with van der Waals surface area (Å²) in [6, 6.07) is 12.0. The summed E-state index contributed by atoms with van der Waals surface area (Å²) < 4.78 is 11.4. The Morgan fingerprint density at radius 1 is 1.30 bits per heavy atom. The fourth-order valence-electron chi connectivity index (χ4n) is 3.61. The Bertz CT molecular complexity index is 917. The third-order valence-corrected chi connectivity index (χ3v) is 5.21. The van der Waals surface area contributed by atoms with Crippen LogP contribution in [0.2, 0.25) is 5.02 Å². The van der Waals surface area contributed by atoms with Gasteiger partial charge in [0.05, 0.1) is 25.6 Å². The van der Waals surface area contributed by atoms with Gasteiger partial charge in [-0.25, -0.2) is 4.79 Å². The number of ketones is 1. The Kier molecular flexibility index (Phi) is 4.44. The summed E-state index contributed by atoms with van der Waals surface area (Å²) in [4.78, 5) is 26.9. The second kappa shape index (κ2) is 6.78. The smallest absolute Gasteiger partial charge is 0.321 e. The zero-order valence-corrected chi connectivity index (χ0v) is 15.6. The molecule has 1 unspecified atom stereocenters. The van der Waals surface area contributed by atoms with Crippen molar-refractivity contribution in [3.8, 4) is 11.5 Å². The number of fused-ring (bicyclic) bond motifs is 1. The van der Waals surface area contributed by atoms with Gasteiger partial charge in [0.15, 0.2) is 5.78 Å². The van der Waals surface area contributed by atoms with Crippen LogP contribution in [0.15, 0.2) is 42.5 Å². The van der Waals surface area contributed by atoms with Crippen LogP contribution in [0, 0.1) is 0 Å². The number of carbonyl (C=O) groups excluding carboxylic acids is 2. The van der Waals surface area contributed by atoms with E-state index in [0.29, 0.717) is 47.3 Å². The Labute approximate surface area is 162 Å². The number of hydrogen-bond acceptors (Lipinski definition) is 4. The third kappa shape index (κ3) is 3.45. The van der Waals surface area contributed by atoms with Crippen LogP contribution in [-0.2, 0) is 0 Å². The summed E-state index contributed by atoms with van der Waals surface area (Å²) in [5, 5.41) is 3.39. The summed E-state index contributed by atoms with van der Waals surface area (Å²) >= 11 is 5.96. The number of benzene rings is 2. The average molecular weight is 387 g/mol. The summed E-state index contributed by atoms with van der Waals surface area (Å²) in [6.45, 7) is 0.877. The number of halogens is 1. The van der Waals surface area contributed by atoms with Gasteiger partial charge in [0.1, 0.15) is 17.1 Å². The van der Waals surface area contributed by atoms with Gasteiger partial charge < -0.3 is 19.7 Å². The molecule has 2 aliphatic rings. The van der Waals surface area contributed by atoms with E-state index < -0.39 is 5.60 Å². The molecule has 4 rings (SSSR count). The van der Waals surface area contributed by atoms with Crippen molar-refractivity contribution in [2.24, 2.45) is 0 Å². The minimum Gasteiger partial charge on any atom is -0.497 e. The van der Waals surface area contributed by atoms with Crippen molar-refractivity contribution in [2.45, 2.75) is 18.4 Å². The van der Waals surface area contributed by atoms with Crippen molar-refractivity contribution in [3.63, 3.8) is 0 Å². The summed E-state index contributed by atoms with van der Waals surface area (Å²) in [7, 11) is 1.56. The number of carbonyl (C=O) groups is 2. The minimum atomic E-state index is -0.676. The number of nitrogens with one attached hydrogen (secondary N) is 1. The molecule has 2 aromatic rings. The molecule has 1 N–H and O–H groups in total. The van der Waals surface area contributed by atoms with E-state index in [0.717, 1.165) is 0 Å². The van der Waals surface area contributed by atoms with E-state index >= 15 is 0 Å². The maximum atomic E-state index is 12.7. The number of urea groups is 1. The molecule has 0 saturated carbocycles. The van der Waals surface area contributed by atoms with E-state index in [1.807, 2.05) is 0 Å². The molecule has 2 amide bonds. The van der Waals surface area contributed by atoms with E-state index in [2.05, 4.69) is 5.32 Å². The van der Waals surface area contributed by atoms with Gasteiger partial charge >= 0.3 is 6.03 Å². The van der Waals surface area contributed by atoms with Crippen molar-refractivity contribution >= 4 is 29.1 Å². The highest BCUT2D eigenvalue weighted by Crippen LogP contribution is 2.40. The van der Waals surface area contributed by atoms with E-state index in [1.54, 1.807) is 54.5 Å². The van der Waals surface area contributed by atoms with Gasteiger partial charge in [0.2, 0.25) is 0 Å². The summed E-state index contributed by atoms with van der Waals surface area (Å²) in [5.41, 5.74) is 0.484. The van der Waals surface area contributed by atoms with Gasteiger partial charge in [0, 0.05) is 23.7 Å². The Morgan fingerprint density at radius 2 is 2.15 bits per heavy atom. The van der Waals surface area contributed by atoms with Crippen LogP contribution in [0.3, 0.4) is 0 Å². The first-order valence-corrected chi connectivity index (χ1v) is 9.08. The van der Waals surface area contributed by atoms with Gasteiger partial charge in [-0.3, -0.25) is 4.79 Å². The van der Waals surface area contributed by atoms with Crippen molar-refractivity contribution in [1.29, 1.82) is 0 Å². The number of amides is 2. The molecule has 0 aromatic heterocycles. The first kappa shape index (κ1) is 17.7. The largest absolute Gasteiger partial charge is 0.497 e. The predicted molar refractivity (Wildman–Crippen MR) is 102 cm³/mol. The molecule has 1 spiro atoms. The molecule has 0 aliphatic carbocycles. The molecule has 7 heteroatoms. The molecule has 0 bridgehead atoms. The Morgan fingerprint density at radius 3 is 2.93 bits per heavy atom. The molecular weight excluding hydrogens is 368 g/mol. The van der Waals surface area contributed by atoms with E-state index in [-0.39, 0.29) is 18.2 Å². The standard InChI is InChI=1S/C20H19ClN2O4/c1-26-15-5-6-18-16(10-15)17(24)11-20(27-18)7-8-23(12-20)19(25)22-14-4-2-3-13(21)9-14/h2-6,9-10H,7-8,11-12H2,1H3,(H,22,25). The number of nitrogens with zero attached hydrogens (tertiary/aromatic N) is 1. The van der Waals surface area contributed by atoms with Gasteiger partial charge in [-0.15, -0.1) is 0 Å². The highest BCUT2D eigenvalue weighted by atomic mass is 35.5. The molecular formula is C20H19ClN2O4. The van der Waals surface area contributed by atoms with Crippen molar-refractivity contribution in [3.05, 3.63) is 53.1 Å². The van der Waals surface area contributed by atoms with E-state index in [4.69, 9.17) is 21.1 Å². The van der Waals surface area contributed by atoms with Crippen LogP contribution < -0.4 is 14.8 Å². The maximum Gasteiger partial charge on any atom is 0.321 e. The lowest BCUT2D eigenvalue weighted by Gasteiger charge is -2.34. The lowest BCUT2D eigenvalue weighted by molar-refractivity contribution is 0.0481. The summed E-state index contributed by atoms with van der Waals surface area (Å²) in [5.74, 6) is 1.17. The monoisotopic (exact) mass is 386 g/mol. The topological polar surface area (TPSA) is 67.9 Å². The number of anilines is 1. The number of Topliss-reactive ketones (excluding diaryl/α,β-unsaturated/α-hetero) is 1. The summed E-state index contributed by atoms with van der Waals surface area (Å²) in [6.07, 6.45) is 0.848. The van der Waals surface area contributed by atoms with Crippen molar-refractivity contribution in [1.82, 2.24) is 4.90 Å². The second-order valence-corrected chi connectivity index (χ2v) is 7.30. The number of hydrogen-bond donors (Lipinski definition) is 1. The fourth-order valence-corrected chi connectivity index (χ4v) is 3.80. The molecule has 2 aliphatic heterocycles. The van der Waals surface area contributed by atoms with Crippen LogP contribution in [-0.4, -0.2) is 42.5 Å². The molecule has 27 heavy (non-hydrogen) atoms. The molecule has 0 radical (unpaired) electrons. The lowest BCUT2D eigenvalue weighted by atomic mass is 9.89. The number of methoxy groups -OCH3 is 1. The van der Waals surface area contributed by atoms with Crippen LogP contribution >= 0.6 is 11.6 Å². The van der Waals surface area contributed by atoms with Gasteiger partial charge in [-0.05, 0) is 36.4 Å². The normalized spacial score (nSPS) is 21.0. The van der Waals surface area contributed by atoms with Crippen molar-refractivity contribution in [2.75, 3.05) is 25.5 Å².